The minimum Gasteiger partial charge on any atom is -0.341 e. The summed E-state index contributed by atoms with van der Waals surface area (Å²) in [5.41, 5.74) is 9.26. The van der Waals surface area contributed by atoms with Crippen molar-refractivity contribution in [3.05, 3.63) is 42.0 Å². The highest BCUT2D eigenvalue weighted by Gasteiger charge is 2.33. The van der Waals surface area contributed by atoms with Crippen molar-refractivity contribution in [1.82, 2.24) is 14.5 Å². The van der Waals surface area contributed by atoms with Crippen LogP contribution in [0.2, 0.25) is 0 Å². The van der Waals surface area contributed by atoms with E-state index in [2.05, 4.69) is 10.3 Å². The van der Waals surface area contributed by atoms with Crippen LogP contribution in [0.3, 0.4) is 0 Å². The van der Waals surface area contributed by atoms with Crippen LogP contribution in [0.4, 0.5) is 5.69 Å². The number of hydrogen-bond donors (Lipinski definition) is 2. The molecule has 0 radical (unpaired) electrons. The third-order valence-corrected chi connectivity index (χ3v) is 4.91. The van der Waals surface area contributed by atoms with Crippen LogP contribution in [0.15, 0.2) is 30.6 Å². The minimum atomic E-state index is -0.631. The predicted octanol–water partition coefficient (Wildman–Crippen LogP) is 1.62. The van der Waals surface area contributed by atoms with Crippen LogP contribution in [-0.2, 0) is 9.59 Å². The van der Waals surface area contributed by atoms with Gasteiger partial charge in [0.05, 0.1) is 12.0 Å². The minimum absolute atomic E-state index is 0.125. The number of imidazole rings is 1. The summed E-state index contributed by atoms with van der Waals surface area (Å²) in [7, 11) is 0. The number of anilines is 1. The highest BCUT2D eigenvalue weighted by molar-refractivity contribution is 6.06. The monoisotopic (exact) mass is 355 g/mol. The van der Waals surface area contributed by atoms with Gasteiger partial charge in [-0.1, -0.05) is 0 Å². The number of nitrogens with one attached hydrogen (secondary N) is 1. The van der Waals surface area contributed by atoms with Crippen LogP contribution >= 0.6 is 0 Å². The Hall–Kier alpha value is -2.67. The Morgan fingerprint density at radius 3 is 2.65 bits per heavy atom. The third-order valence-electron chi connectivity index (χ3n) is 4.91. The second-order valence-electron chi connectivity index (χ2n) is 6.63. The molecule has 2 aromatic rings. The average molecular weight is 355 g/mol. The van der Waals surface area contributed by atoms with Gasteiger partial charge in [0.25, 0.3) is 0 Å². The van der Waals surface area contributed by atoms with Gasteiger partial charge in [0.1, 0.15) is 5.92 Å². The lowest BCUT2D eigenvalue weighted by Gasteiger charge is -2.31. The van der Waals surface area contributed by atoms with Gasteiger partial charge in [-0.15, -0.1) is 0 Å². The fourth-order valence-corrected chi connectivity index (χ4v) is 3.26. The summed E-state index contributed by atoms with van der Waals surface area (Å²) in [5, 5.41) is 2.86. The van der Waals surface area contributed by atoms with E-state index in [9.17, 15) is 9.59 Å². The zero-order chi connectivity index (χ0) is 18.7. The number of benzene rings is 1. The zero-order valence-corrected chi connectivity index (χ0v) is 15.2. The molecule has 138 valence electrons. The van der Waals surface area contributed by atoms with Crippen LogP contribution in [0.25, 0.3) is 5.69 Å². The number of rotatable bonds is 5. The van der Waals surface area contributed by atoms with Gasteiger partial charge in [-0.05, 0) is 51.0 Å². The standard InChI is InChI=1S/C19H25N5O2/c1-13-14(2)24(12-21-13)16-7-5-15(6-8-16)22-18(25)17-4-3-10-23(11-9-20)19(17)26/h5-8,12,17H,3-4,9-11,20H2,1-2H3,(H,22,25). The molecular formula is C19H25N5O2. The zero-order valence-electron chi connectivity index (χ0n) is 15.2. The SMILES string of the molecule is Cc1ncn(-c2ccc(NC(=O)C3CCCN(CCN)C3=O)cc2)c1C. The van der Waals surface area contributed by atoms with Gasteiger partial charge in [-0.2, -0.15) is 0 Å². The number of hydrogen-bond acceptors (Lipinski definition) is 4. The predicted molar refractivity (Wildman–Crippen MR) is 100 cm³/mol. The topological polar surface area (TPSA) is 93.2 Å². The molecule has 1 aromatic heterocycles. The molecule has 1 atom stereocenters. The Kier molecular flexibility index (Phi) is 5.37. The van der Waals surface area contributed by atoms with Crippen LogP contribution in [0.5, 0.6) is 0 Å². The van der Waals surface area contributed by atoms with Gasteiger partial charge >= 0.3 is 0 Å². The average Bonchev–Trinajstić information content (AvgIpc) is 2.97. The summed E-state index contributed by atoms with van der Waals surface area (Å²) in [6.45, 7) is 5.57. The second-order valence-corrected chi connectivity index (χ2v) is 6.63. The van der Waals surface area contributed by atoms with Crippen molar-refractivity contribution < 1.29 is 9.59 Å². The molecule has 1 aliphatic rings. The molecule has 3 rings (SSSR count). The molecule has 1 aliphatic heterocycles. The second kappa shape index (κ2) is 7.70. The fraction of sp³-hybridized carbons (Fsp3) is 0.421. The van der Waals surface area contributed by atoms with E-state index < -0.39 is 5.92 Å². The number of aryl methyl sites for hydroxylation is 1. The Balaban J connectivity index is 1.68. The Morgan fingerprint density at radius 2 is 2.04 bits per heavy atom. The van der Waals surface area contributed by atoms with Gasteiger partial charge in [0, 0.05) is 36.7 Å². The lowest BCUT2D eigenvalue weighted by Crippen LogP contribution is -2.47. The van der Waals surface area contributed by atoms with Crippen LogP contribution in [0, 0.1) is 19.8 Å². The van der Waals surface area contributed by atoms with Gasteiger partial charge in [0.2, 0.25) is 11.8 Å². The number of carbonyl (C=O) groups is 2. The van der Waals surface area contributed by atoms with Crippen LogP contribution < -0.4 is 11.1 Å². The highest BCUT2D eigenvalue weighted by atomic mass is 16.2. The van der Waals surface area contributed by atoms with E-state index in [0.717, 1.165) is 23.5 Å². The van der Waals surface area contributed by atoms with Crippen LogP contribution in [0.1, 0.15) is 24.2 Å². The molecule has 0 saturated carbocycles. The maximum Gasteiger partial charge on any atom is 0.236 e. The maximum atomic E-state index is 12.5. The van der Waals surface area contributed by atoms with Crippen molar-refractivity contribution in [2.45, 2.75) is 26.7 Å². The number of piperidine rings is 1. The van der Waals surface area contributed by atoms with E-state index in [4.69, 9.17) is 5.73 Å². The summed E-state index contributed by atoms with van der Waals surface area (Å²) < 4.78 is 2.00. The quantitative estimate of drug-likeness (QED) is 0.797. The van der Waals surface area contributed by atoms with Crippen molar-refractivity contribution >= 4 is 17.5 Å². The summed E-state index contributed by atoms with van der Waals surface area (Å²) in [5.74, 6) is -1.01. The van der Waals surface area contributed by atoms with Gasteiger partial charge in [-0.3, -0.25) is 9.59 Å². The lowest BCUT2D eigenvalue weighted by molar-refractivity contribution is -0.143. The summed E-state index contributed by atoms with van der Waals surface area (Å²) in [6.07, 6.45) is 3.18. The van der Waals surface area contributed by atoms with Gasteiger partial charge < -0.3 is 20.5 Å². The highest BCUT2D eigenvalue weighted by Crippen LogP contribution is 2.21. The third kappa shape index (κ3) is 3.62. The molecule has 7 heteroatoms. The molecule has 0 aliphatic carbocycles. The lowest BCUT2D eigenvalue weighted by atomic mass is 9.96. The first kappa shape index (κ1) is 18.1. The molecule has 7 nitrogen and oxygen atoms in total. The maximum absolute atomic E-state index is 12.5. The first-order valence-electron chi connectivity index (χ1n) is 8.92. The van der Waals surface area contributed by atoms with Gasteiger partial charge in [-0.25, -0.2) is 4.98 Å². The molecule has 1 unspecified atom stereocenters. The van der Waals surface area contributed by atoms with Crippen molar-refractivity contribution in [3.8, 4) is 5.69 Å². The Labute approximate surface area is 153 Å². The molecule has 2 heterocycles. The van der Waals surface area contributed by atoms with E-state index in [1.54, 1.807) is 11.2 Å². The molecule has 26 heavy (non-hydrogen) atoms. The number of nitrogens with two attached hydrogens (primary N) is 1. The largest absolute Gasteiger partial charge is 0.341 e. The molecule has 3 N–H and O–H groups in total. The van der Waals surface area contributed by atoms with Crippen molar-refractivity contribution in [1.29, 1.82) is 0 Å². The molecular weight excluding hydrogens is 330 g/mol. The molecule has 0 spiro atoms. The van der Waals surface area contributed by atoms with E-state index in [0.29, 0.717) is 31.7 Å². The smallest absolute Gasteiger partial charge is 0.236 e. The fourth-order valence-electron chi connectivity index (χ4n) is 3.26. The van der Waals surface area contributed by atoms with Crippen LogP contribution in [-0.4, -0.2) is 45.9 Å². The first-order valence-corrected chi connectivity index (χ1v) is 8.92. The number of amides is 2. The van der Waals surface area contributed by atoms with Gasteiger partial charge in [0.15, 0.2) is 0 Å². The number of aromatic nitrogens is 2. The number of carbonyl (C=O) groups excluding carboxylic acids is 2. The van der Waals surface area contributed by atoms with E-state index in [1.165, 1.54) is 0 Å². The molecule has 0 bridgehead atoms. The van der Waals surface area contributed by atoms with Crippen molar-refractivity contribution in [2.75, 3.05) is 25.0 Å². The first-order chi connectivity index (χ1) is 12.5. The van der Waals surface area contributed by atoms with Crippen molar-refractivity contribution in [3.63, 3.8) is 0 Å². The summed E-state index contributed by atoms with van der Waals surface area (Å²) >= 11 is 0. The van der Waals surface area contributed by atoms with Crippen molar-refractivity contribution in [2.24, 2.45) is 11.7 Å². The molecule has 2 amide bonds. The van der Waals surface area contributed by atoms with E-state index >= 15 is 0 Å². The van der Waals surface area contributed by atoms with E-state index in [-0.39, 0.29) is 11.8 Å². The molecule has 1 aromatic carbocycles. The Morgan fingerprint density at radius 1 is 1.31 bits per heavy atom. The summed E-state index contributed by atoms with van der Waals surface area (Å²) in [6, 6.07) is 7.53. The molecule has 1 saturated heterocycles. The summed E-state index contributed by atoms with van der Waals surface area (Å²) in [4.78, 5) is 30.9. The van der Waals surface area contributed by atoms with E-state index in [1.807, 2.05) is 42.7 Å². The number of likely N-dealkylation sites (tertiary alicyclic amines) is 1. The molecule has 1 fully saturated rings. The Bertz CT molecular complexity index is 795. The number of nitrogens with zero attached hydrogens (tertiary/aromatic N) is 3. The normalized spacial score (nSPS) is 17.4.